The second-order valence-corrected chi connectivity index (χ2v) is 6.08. The monoisotopic (exact) mass is 349 g/mol. The van der Waals surface area contributed by atoms with Gasteiger partial charge in [0.15, 0.2) is 0 Å². The number of halogens is 1. The molecule has 0 aromatic heterocycles. The number of carbonyl (C=O) groups excluding carboxylic acids is 1. The van der Waals surface area contributed by atoms with E-state index in [1.165, 1.54) is 17.7 Å². The Bertz CT molecular complexity index is 873. The van der Waals surface area contributed by atoms with Gasteiger partial charge < -0.3 is 10.1 Å². The molecule has 0 unspecified atom stereocenters. The van der Waals surface area contributed by atoms with Gasteiger partial charge in [-0.15, -0.1) is 0 Å². The summed E-state index contributed by atoms with van der Waals surface area (Å²) in [5.41, 5.74) is 3.52. The highest BCUT2D eigenvalue weighted by Crippen LogP contribution is 2.19. The molecular weight excluding hydrogens is 329 g/mol. The molecule has 1 amide bonds. The fourth-order valence-corrected chi connectivity index (χ4v) is 2.51. The number of aryl methyl sites for hydroxylation is 1. The van der Waals surface area contributed by atoms with Gasteiger partial charge in [0, 0.05) is 6.54 Å². The van der Waals surface area contributed by atoms with Gasteiger partial charge in [-0.1, -0.05) is 54.1 Å². The first-order valence-corrected chi connectivity index (χ1v) is 8.42. The number of hydrogen-bond acceptors (Lipinski definition) is 2. The molecule has 0 aliphatic rings. The highest BCUT2D eigenvalue weighted by Gasteiger charge is 2.12. The number of amides is 1. The minimum Gasteiger partial charge on any atom is -0.488 e. The standard InChI is InChI=1S/C22H20FNO2/c1-16-6-8-17(9-7-16)14-24-22(25)20-4-2-3-5-21(20)26-15-18-10-12-19(23)13-11-18/h2-13H,14-15H2,1H3,(H,24,25). The van der Waals surface area contributed by atoms with E-state index in [2.05, 4.69) is 5.32 Å². The molecular formula is C22H20FNO2. The molecule has 3 aromatic rings. The lowest BCUT2D eigenvalue weighted by Crippen LogP contribution is -2.23. The number of carbonyl (C=O) groups is 1. The first-order chi connectivity index (χ1) is 12.6. The van der Waals surface area contributed by atoms with Gasteiger partial charge in [-0.05, 0) is 42.3 Å². The molecule has 0 saturated heterocycles. The molecule has 0 bridgehead atoms. The lowest BCUT2D eigenvalue weighted by atomic mass is 10.1. The minimum absolute atomic E-state index is 0.194. The van der Waals surface area contributed by atoms with Crippen molar-refractivity contribution < 1.29 is 13.9 Å². The molecule has 0 saturated carbocycles. The van der Waals surface area contributed by atoms with Crippen LogP contribution < -0.4 is 10.1 Å². The highest BCUT2D eigenvalue weighted by molar-refractivity contribution is 5.96. The molecule has 3 nitrogen and oxygen atoms in total. The van der Waals surface area contributed by atoms with Crippen LogP contribution in [-0.4, -0.2) is 5.91 Å². The third-order valence-electron chi connectivity index (χ3n) is 4.01. The summed E-state index contributed by atoms with van der Waals surface area (Å²) >= 11 is 0. The lowest BCUT2D eigenvalue weighted by Gasteiger charge is -2.12. The molecule has 132 valence electrons. The average molecular weight is 349 g/mol. The van der Waals surface area contributed by atoms with E-state index in [1.54, 1.807) is 30.3 Å². The predicted octanol–water partition coefficient (Wildman–Crippen LogP) is 4.64. The van der Waals surface area contributed by atoms with Crippen molar-refractivity contribution in [1.82, 2.24) is 5.32 Å². The van der Waals surface area contributed by atoms with Crippen LogP contribution in [0.5, 0.6) is 5.75 Å². The van der Waals surface area contributed by atoms with Crippen molar-refractivity contribution in [3.8, 4) is 5.75 Å². The SMILES string of the molecule is Cc1ccc(CNC(=O)c2ccccc2OCc2ccc(F)cc2)cc1. The number of nitrogens with one attached hydrogen (secondary N) is 1. The van der Waals surface area contributed by atoms with Gasteiger partial charge >= 0.3 is 0 Å². The molecule has 0 aliphatic heterocycles. The van der Waals surface area contributed by atoms with Crippen LogP contribution in [0.4, 0.5) is 4.39 Å². The Balaban J connectivity index is 1.64. The zero-order valence-electron chi connectivity index (χ0n) is 14.5. The van der Waals surface area contributed by atoms with E-state index in [9.17, 15) is 9.18 Å². The summed E-state index contributed by atoms with van der Waals surface area (Å²) in [5, 5.41) is 2.91. The Morgan fingerprint density at radius 2 is 1.58 bits per heavy atom. The summed E-state index contributed by atoms with van der Waals surface area (Å²) in [6.45, 7) is 2.74. The van der Waals surface area contributed by atoms with Crippen LogP contribution in [0.25, 0.3) is 0 Å². The van der Waals surface area contributed by atoms with Crippen LogP contribution in [0.1, 0.15) is 27.0 Å². The van der Waals surface area contributed by atoms with Gasteiger partial charge in [0.05, 0.1) is 5.56 Å². The van der Waals surface area contributed by atoms with E-state index in [1.807, 2.05) is 37.3 Å². The van der Waals surface area contributed by atoms with Crippen LogP contribution in [-0.2, 0) is 13.2 Å². The number of hydrogen-bond donors (Lipinski definition) is 1. The summed E-state index contributed by atoms with van der Waals surface area (Å²) in [6, 6.07) is 21.2. The van der Waals surface area contributed by atoms with Gasteiger partial charge in [0.25, 0.3) is 5.91 Å². The van der Waals surface area contributed by atoms with E-state index in [0.717, 1.165) is 11.1 Å². The van der Waals surface area contributed by atoms with Crippen LogP contribution in [0.3, 0.4) is 0 Å². The fourth-order valence-electron chi connectivity index (χ4n) is 2.51. The summed E-state index contributed by atoms with van der Waals surface area (Å²) in [5.74, 6) is 0.0168. The van der Waals surface area contributed by atoms with E-state index >= 15 is 0 Å². The highest BCUT2D eigenvalue weighted by atomic mass is 19.1. The first-order valence-electron chi connectivity index (χ1n) is 8.42. The van der Waals surface area contributed by atoms with Crippen molar-refractivity contribution in [1.29, 1.82) is 0 Å². The quantitative estimate of drug-likeness (QED) is 0.704. The third kappa shape index (κ3) is 4.70. The van der Waals surface area contributed by atoms with Gasteiger partial charge in [-0.3, -0.25) is 4.79 Å². The number of rotatable bonds is 6. The average Bonchev–Trinajstić information content (AvgIpc) is 2.67. The fraction of sp³-hybridized carbons (Fsp3) is 0.136. The molecule has 3 aromatic carbocycles. The van der Waals surface area contributed by atoms with E-state index in [0.29, 0.717) is 17.9 Å². The summed E-state index contributed by atoms with van der Waals surface area (Å²) < 4.78 is 18.7. The Labute approximate surface area is 152 Å². The summed E-state index contributed by atoms with van der Waals surface area (Å²) in [6.07, 6.45) is 0. The third-order valence-corrected chi connectivity index (χ3v) is 4.01. The predicted molar refractivity (Wildman–Crippen MR) is 99.5 cm³/mol. The largest absolute Gasteiger partial charge is 0.488 e. The number of para-hydroxylation sites is 1. The van der Waals surface area contributed by atoms with Gasteiger partial charge in [0.1, 0.15) is 18.2 Å². The lowest BCUT2D eigenvalue weighted by molar-refractivity contribution is 0.0946. The van der Waals surface area contributed by atoms with Crippen molar-refractivity contribution in [2.24, 2.45) is 0 Å². The van der Waals surface area contributed by atoms with Crippen molar-refractivity contribution in [3.05, 3.63) is 101 Å². The molecule has 0 heterocycles. The summed E-state index contributed by atoms with van der Waals surface area (Å²) in [7, 11) is 0. The Morgan fingerprint density at radius 3 is 2.31 bits per heavy atom. The molecule has 0 spiro atoms. The first kappa shape index (κ1) is 17.7. The molecule has 0 atom stereocenters. The molecule has 0 fully saturated rings. The maximum absolute atomic E-state index is 13.0. The van der Waals surface area contributed by atoms with Crippen LogP contribution in [0, 0.1) is 12.7 Å². The molecule has 1 N–H and O–H groups in total. The Kier molecular flexibility index (Phi) is 5.64. The Hall–Kier alpha value is -3.14. The second-order valence-electron chi connectivity index (χ2n) is 6.08. The van der Waals surface area contributed by atoms with Crippen molar-refractivity contribution in [3.63, 3.8) is 0 Å². The zero-order valence-corrected chi connectivity index (χ0v) is 14.5. The van der Waals surface area contributed by atoms with Crippen molar-refractivity contribution >= 4 is 5.91 Å². The summed E-state index contributed by atoms with van der Waals surface area (Å²) in [4.78, 5) is 12.5. The van der Waals surface area contributed by atoms with Gasteiger partial charge in [-0.25, -0.2) is 4.39 Å². The number of benzene rings is 3. The zero-order chi connectivity index (χ0) is 18.4. The van der Waals surface area contributed by atoms with E-state index < -0.39 is 0 Å². The molecule has 0 aliphatic carbocycles. The smallest absolute Gasteiger partial charge is 0.255 e. The maximum Gasteiger partial charge on any atom is 0.255 e. The molecule has 26 heavy (non-hydrogen) atoms. The normalized spacial score (nSPS) is 10.4. The topological polar surface area (TPSA) is 38.3 Å². The molecule has 4 heteroatoms. The minimum atomic E-state index is -0.287. The van der Waals surface area contributed by atoms with E-state index in [4.69, 9.17) is 4.74 Å². The van der Waals surface area contributed by atoms with Crippen LogP contribution >= 0.6 is 0 Å². The van der Waals surface area contributed by atoms with Crippen molar-refractivity contribution in [2.75, 3.05) is 0 Å². The van der Waals surface area contributed by atoms with Crippen LogP contribution in [0.2, 0.25) is 0 Å². The second kappa shape index (κ2) is 8.30. The molecule has 3 rings (SSSR count). The molecule has 0 radical (unpaired) electrons. The van der Waals surface area contributed by atoms with Gasteiger partial charge in [0.2, 0.25) is 0 Å². The number of ether oxygens (including phenoxy) is 1. The van der Waals surface area contributed by atoms with Crippen LogP contribution in [0.15, 0.2) is 72.8 Å². The van der Waals surface area contributed by atoms with Crippen molar-refractivity contribution in [2.45, 2.75) is 20.1 Å². The Morgan fingerprint density at radius 1 is 0.923 bits per heavy atom. The maximum atomic E-state index is 13.0. The van der Waals surface area contributed by atoms with Gasteiger partial charge in [-0.2, -0.15) is 0 Å². The van der Waals surface area contributed by atoms with E-state index in [-0.39, 0.29) is 18.3 Å².